The third-order valence-electron chi connectivity index (χ3n) is 5.49. The van der Waals surface area contributed by atoms with Gasteiger partial charge in [-0.2, -0.15) is 0 Å². The summed E-state index contributed by atoms with van der Waals surface area (Å²) in [7, 11) is 0. The number of para-hydroxylation sites is 2. The van der Waals surface area contributed by atoms with Crippen molar-refractivity contribution in [2.24, 2.45) is 4.99 Å². The van der Waals surface area contributed by atoms with Crippen LogP contribution < -0.4 is 10.6 Å². The van der Waals surface area contributed by atoms with E-state index in [2.05, 4.69) is 27.8 Å². The first-order valence-corrected chi connectivity index (χ1v) is 11.9. The minimum Gasteiger partial charge on any atom is -0.356 e. The normalized spacial score (nSPS) is 11.5. The predicted molar refractivity (Wildman–Crippen MR) is 141 cm³/mol. The van der Waals surface area contributed by atoms with Crippen molar-refractivity contribution < 1.29 is 0 Å². The van der Waals surface area contributed by atoms with Crippen LogP contribution in [0.2, 0.25) is 5.02 Å². The highest BCUT2D eigenvalue weighted by Gasteiger charge is 2.04. The van der Waals surface area contributed by atoms with Gasteiger partial charge in [0.15, 0.2) is 0 Å². The van der Waals surface area contributed by atoms with E-state index in [-0.39, 0.29) is 0 Å². The van der Waals surface area contributed by atoms with Gasteiger partial charge >= 0.3 is 0 Å². The number of hydrogen-bond acceptors (Lipinski definition) is 2. The van der Waals surface area contributed by atoms with Crippen molar-refractivity contribution in [3.8, 4) is 0 Å². The molecule has 3 aromatic carbocycles. The van der Waals surface area contributed by atoms with Crippen LogP contribution in [-0.2, 0) is 6.42 Å². The monoisotopic (exact) mass is 456 g/mol. The average molecular weight is 457 g/mol. The summed E-state index contributed by atoms with van der Waals surface area (Å²) < 4.78 is 0. The lowest BCUT2D eigenvalue weighted by atomic mass is 10.0. The largest absolute Gasteiger partial charge is 0.356 e. The SMILES string of the molecule is Clc1ccc2c(CCCCCCN/C(=N\c3ccccc3)Nc3ccccc3)ccnc2c1. The summed E-state index contributed by atoms with van der Waals surface area (Å²) in [5, 5.41) is 8.81. The third kappa shape index (κ3) is 7.06. The van der Waals surface area contributed by atoms with Crippen LogP contribution in [0.15, 0.2) is 96.1 Å². The highest BCUT2D eigenvalue weighted by molar-refractivity contribution is 6.31. The number of guanidine groups is 1. The maximum Gasteiger partial charge on any atom is 0.201 e. The number of pyridine rings is 1. The number of fused-ring (bicyclic) bond motifs is 1. The number of rotatable bonds is 9. The van der Waals surface area contributed by atoms with Gasteiger partial charge in [-0.25, -0.2) is 4.99 Å². The van der Waals surface area contributed by atoms with Gasteiger partial charge in [-0.05, 0) is 67.3 Å². The molecule has 0 bridgehead atoms. The van der Waals surface area contributed by atoms with E-state index >= 15 is 0 Å². The van der Waals surface area contributed by atoms with E-state index in [0.29, 0.717) is 0 Å². The van der Waals surface area contributed by atoms with E-state index < -0.39 is 0 Å². The molecular weight excluding hydrogens is 428 g/mol. The molecule has 4 rings (SSSR count). The summed E-state index contributed by atoms with van der Waals surface area (Å²) in [5.74, 6) is 0.773. The Morgan fingerprint density at radius 2 is 1.58 bits per heavy atom. The minimum absolute atomic E-state index is 0.733. The van der Waals surface area contributed by atoms with E-state index in [1.165, 1.54) is 23.8 Å². The van der Waals surface area contributed by atoms with E-state index in [1.807, 2.05) is 79.0 Å². The van der Waals surface area contributed by atoms with Gasteiger partial charge in [0.05, 0.1) is 11.2 Å². The van der Waals surface area contributed by atoms with E-state index in [9.17, 15) is 0 Å². The summed E-state index contributed by atoms with van der Waals surface area (Å²) in [6.07, 6.45) is 7.56. The van der Waals surface area contributed by atoms with Gasteiger partial charge in [0.2, 0.25) is 5.96 Å². The smallest absolute Gasteiger partial charge is 0.201 e. The highest BCUT2D eigenvalue weighted by atomic mass is 35.5. The first kappa shape index (κ1) is 22.8. The second-order valence-electron chi connectivity index (χ2n) is 8.01. The highest BCUT2D eigenvalue weighted by Crippen LogP contribution is 2.22. The number of hydrogen-bond donors (Lipinski definition) is 2. The Morgan fingerprint density at radius 1 is 0.818 bits per heavy atom. The second kappa shape index (κ2) is 12.0. The molecule has 0 aliphatic carbocycles. The van der Waals surface area contributed by atoms with Gasteiger partial charge in [0.1, 0.15) is 0 Å². The van der Waals surface area contributed by atoms with Gasteiger partial charge in [-0.3, -0.25) is 4.98 Å². The molecule has 168 valence electrons. The number of halogens is 1. The molecule has 0 atom stereocenters. The molecule has 1 aromatic heterocycles. The molecule has 4 nitrogen and oxygen atoms in total. The molecule has 0 radical (unpaired) electrons. The van der Waals surface area contributed by atoms with Crippen LogP contribution in [0, 0.1) is 0 Å². The van der Waals surface area contributed by atoms with Crippen molar-refractivity contribution in [3.63, 3.8) is 0 Å². The van der Waals surface area contributed by atoms with E-state index in [1.54, 1.807) is 0 Å². The Bertz CT molecular complexity index is 1180. The molecule has 0 fully saturated rings. The molecule has 0 spiro atoms. The van der Waals surface area contributed by atoms with Crippen LogP contribution in [-0.4, -0.2) is 17.5 Å². The van der Waals surface area contributed by atoms with E-state index in [0.717, 1.165) is 53.7 Å². The lowest BCUT2D eigenvalue weighted by molar-refractivity contribution is 0.632. The zero-order valence-electron chi connectivity index (χ0n) is 18.7. The number of nitrogens with one attached hydrogen (secondary N) is 2. The fourth-order valence-electron chi connectivity index (χ4n) is 3.80. The Balaban J connectivity index is 1.24. The number of benzene rings is 3. The lowest BCUT2D eigenvalue weighted by Gasteiger charge is -2.13. The fraction of sp³-hybridized carbons (Fsp3) is 0.214. The Morgan fingerprint density at radius 3 is 2.39 bits per heavy atom. The van der Waals surface area contributed by atoms with E-state index in [4.69, 9.17) is 16.6 Å². The summed E-state index contributed by atoms with van der Waals surface area (Å²) >= 11 is 6.10. The van der Waals surface area contributed by atoms with Crippen molar-refractivity contribution in [2.45, 2.75) is 32.1 Å². The number of anilines is 1. The van der Waals surface area contributed by atoms with Crippen LogP contribution in [0.4, 0.5) is 11.4 Å². The molecule has 0 aliphatic rings. The molecule has 0 saturated carbocycles. The van der Waals surface area contributed by atoms with Crippen LogP contribution >= 0.6 is 11.6 Å². The summed E-state index contributed by atoms with van der Waals surface area (Å²) in [6.45, 7) is 0.877. The van der Waals surface area contributed by atoms with Gasteiger partial charge in [0, 0.05) is 28.8 Å². The second-order valence-corrected chi connectivity index (χ2v) is 8.45. The topological polar surface area (TPSA) is 49.3 Å². The first-order chi connectivity index (χ1) is 16.3. The number of unbranched alkanes of at least 4 members (excludes halogenated alkanes) is 3. The molecule has 0 unspecified atom stereocenters. The third-order valence-corrected chi connectivity index (χ3v) is 5.73. The predicted octanol–water partition coefficient (Wildman–Crippen LogP) is 7.38. The molecule has 1 heterocycles. The Labute approximate surface area is 200 Å². The number of nitrogens with zero attached hydrogens (tertiary/aromatic N) is 2. The lowest BCUT2D eigenvalue weighted by Crippen LogP contribution is -2.31. The van der Waals surface area contributed by atoms with Crippen LogP contribution in [0.3, 0.4) is 0 Å². The summed E-state index contributed by atoms with van der Waals surface area (Å²) in [5.41, 5.74) is 4.26. The Hall–Kier alpha value is -3.37. The van der Waals surface area contributed by atoms with Crippen molar-refractivity contribution in [1.82, 2.24) is 10.3 Å². The van der Waals surface area contributed by atoms with Crippen LogP contribution in [0.5, 0.6) is 0 Å². The number of aliphatic imine (C=N–C) groups is 1. The number of aryl methyl sites for hydroxylation is 1. The molecule has 4 aromatic rings. The van der Waals surface area contributed by atoms with Crippen molar-refractivity contribution >= 4 is 39.8 Å². The molecule has 2 N–H and O–H groups in total. The maximum absolute atomic E-state index is 6.10. The first-order valence-electron chi connectivity index (χ1n) is 11.5. The average Bonchev–Trinajstić information content (AvgIpc) is 2.84. The minimum atomic E-state index is 0.733. The van der Waals surface area contributed by atoms with Crippen molar-refractivity contribution in [1.29, 1.82) is 0 Å². The molecule has 33 heavy (non-hydrogen) atoms. The van der Waals surface area contributed by atoms with Gasteiger partial charge in [-0.15, -0.1) is 0 Å². The number of aromatic nitrogens is 1. The molecule has 0 aliphatic heterocycles. The standard InChI is InChI=1S/C28H29ClN4/c29-23-16-17-26-22(18-20-30-27(26)21-23)11-5-1-2-10-19-31-28(32-24-12-6-3-7-13-24)33-25-14-8-4-9-15-25/h3-4,6-9,12-18,20-21H,1-2,5,10-11,19H2,(H2,31,32,33). The van der Waals surface area contributed by atoms with Gasteiger partial charge < -0.3 is 10.6 Å². The molecule has 0 amide bonds. The molecular formula is C28H29ClN4. The molecule has 0 saturated heterocycles. The summed E-state index contributed by atoms with van der Waals surface area (Å²) in [4.78, 5) is 9.18. The van der Waals surface area contributed by atoms with Crippen molar-refractivity contribution in [2.75, 3.05) is 11.9 Å². The van der Waals surface area contributed by atoms with Crippen LogP contribution in [0.1, 0.15) is 31.2 Å². The summed E-state index contributed by atoms with van der Waals surface area (Å²) in [6, 6.07) is 28.2. The quantitative estimate of drug-likeness (QED) is 0.157. The molecule has 5 heteroatoms. The fourth-order valence-corrected chi connectivity index (χ4v) is 3.97. The van der Waals surface area contributed by atoms with Gasteiger partial charge in [-0.1, -0.05) is 66.9 Å². The zero-order valence-corrected chi connectivity index (χ0v) is 19.4. The van der Waals surface area contributed by atoms with Crippen LogP contribution in [0.25, 0.3) is 10.9 Å². The zero-order chi connectivity index (χ0) is 22.7. The Kier molecular flexibility index (Phi) is 8.31. The maximum atomic E-state index is 6.10. The van der Waals surface area contributed by atoms with Crippen molar-refractivity contribution in [3.05, 3.63) is 102 Å². The van der Waals surface area contributed by atoms with Gasteiger partial charge in [0.25, 0.3) is 0 Å².